The highest BCUT2D eigenvalue weighted by Gasteiger charge is 2.19. The number of rotatable bonds is 4. The van der Waals surface area contributed by atoms with E-state index in [4.69, 9.17) is 23.2 Å². The Morgan fingerprint density at radius 3 is 2.52 bits per heavy atom. The van der Waals surface area contributed by atoms with Crippen LogP contribution >= 0.6 is 23.2 Å². The van der Waals surface area contributed by atoms with Crippen LogP contribution in [0.15, 0.2) is 42.5 Å². The summed E-state index contributed by atoms with van der Waals surface area (Å²) in [6, 6.07) is 13.7. The zero-order valence-electron chi connectivity index (χ0n) is 14.1. The van der Waals surface area contributed by atoms with Crippen molar-refractivity contribution >= 4 is 40.5 Å². The molecule has 0 unspecified atom stereocenters. The van der Waals surface area contributed by atoms with Crippen molar-refractivity contribution in [2.24, 2.45) is 0 Å². The van der Waals surface area contributed by atoms with Crippen molar-refractivity contribution in [2.75, 3.05) is 42.9 Å². The fraction of sp³-hybridized carbons (Fsp3) is 0.316. The molecular formula is C19H21Cl2N3O. The van der Waals surface area contributed by atoms with E-state index >= 15 is 0 Å². The highest BCUT2D eigenvalue weighted by Crippen LogP contribution is 2.29. The fourth-order valence-corrected chi connectivity index (χ4v) is 3.33. The number of hydrogen-bond donors (Lipinski definition) is 1. The van der Waals surface area contributed by atoms with E-state index in [-0.39, 0.29) is 5.91 Å². The van der Waals surface area contributed by atoms with Gasteiger partial charge in [0.1, 0.15) is 0 Å². The van der Waals surface area contributed by atoms with Crippen LogP contribution in [0.5, 0.6) is 0 Å². The van der Waals surface area contributed by atoms with Crippen LogP contribution in [0.2, 0.25) is 10.0 Å². The van der Waals surface area contributed by atoms with Gasteiger partial charge in [-0.3, -0.25) is 9.69 Å². The molecule has 1 aliphatic rings. The summed E-state index contributed by atoms with van der Waals surface area (Å²) in [4.78, 5) is 16.8. The monoisotopic (exact) mass is 377 g/mol. The third-order valence-electron chi connectivity index (χ3n) is 4.33. The van der Waals surface area contributed by atoms with Gasteiger partial charge >= 0.3 is 0 Å². The van der Waals surface area contributed by atoms with Gasteiger partial charge in [-0.1, -0.05) is 41.4 Å². The number of benzene rings is 2. The van der Waals surface area contributed by atoms with Gasteiger partial charge in [0.05, 0.1) is 22.3 Å². The molecule has 2 aromatic rings. The van der Waals surface area contributed by atoms with E-state index in [2.05, 4.69) is 46.3 Å². The Bertz CT molecular complexity index is 758. The summed E-state index contributed by atoms with van der Waals surface area (Å²) >= 11 is 12.1. The maximum atomic E-state index is 12.3. The first-order valence-corrected chi connectivity index (χ1v) is 9.06. The summed E-state index contributed by atoms with van der Waals surface area (Å²) in [6.45, 7) is 5.98. The van der Waals surface area contributed by atoms with E-state index in [0.29, 0.717) is 22.3 Å². The number of nitrogens with one attached hydrogen (secondary N) is 1. The van der Waals surface area contributed by atoms with Crippen LogP contribution in [0, 0.1) is 6.92 Å². The van der Waals surface area contributed by atoms with Crippen LogP contribution in [0.4, 0.5) is 11.4 Å². The highest BCUT2D eigenvalue weighted by atomic mass is 35.5. The molecule has 0 aromatic heterocycles. The van der Waals surface area contributed by atoms with Gasteiger partial charge in [-0.15, -0.1) is 0 Å². The van der Waals surface area contributed by atoms with Gasteiger partial charge in [0, 0.05) is 31.9 Å². The number of carbonyl (C=O) groups excluding carboxylic acids is 1. The molecule has 132 valence electrons. The van der Waals surface area contributed by atoms with Crippen molar-refractivity contribution in [3.8, 4) is 0 Å². The van der Waals surface area contributed by atoms with Crippen LogP contribution < -0.4 is 10.2 Å². The van der Waals surface area contributed by atoms with Gasteiger partial charge in [0.25, 0.3) is 0 Å². The molecule has 1 N–H and O–H groups in total. The van der Waals surface area contributed by atoms with Gasteiger partial charge < -0.3 is 10.2 Å². The quantitative estimate of drug-likeness (QED) is 0.872. The Morgan fingerprint density at radius 1 is 1.08 bits per heavy atom. The molecule has 0 radical (unpaired) electrons. The van der Waals surface area contributed by atoms with Gasteiger partial charge in [-0.05, 0) is 36.8 Å². The van der Waals surface area contributed by atoms with Gasteiger partial charge in [0.2, 0.25) is 5.91 Å². The molecule has 0 saturated carbocycles. The summed E-state index contributed by atoms with van der Waals surface area (Å²) in [6.07, 6.45) is 0. The predicted octanol–water partition coefficient (Wildman–Crippen LogP) is 4.06. The molecule has 1 saturated heterocycles. The van der Waals surface area contributed by atoms with Crippen LogP contribution in [-0.4, -0.2) is 43.5 Å². The average molecular weight is 378 g/mol. The van der Waals surface area contributed by atoms with E-state index in [0.717, 1.165) is 26.2 Å². The number of nitrogens with zero attached hydrogens (tertiary/aromatic N) is 2. The lowest BCUT2D eigenvalue weighted by atomic mass is 10.2. The summed E-state index contributed by atoms with van der Waals surface area (Å²) in [5.41, 5.74) is 3.06. The third kappa shape index (κ3) is 4.66. The topological polar surface area (TPSA) is 35.6 Å². The van der Waals surface area contributed by atoms with Crippen LogP contribution in [0.25, 0.3) is 0 Å². The number of amides is 1. The molecule has 25 heavy (non-hydrogen) atoms. The second-order valence-corrected chi connectivity index (χ2v) is 7.04. The van der Waals surface area contributed by atoms with Crippen molar-refractivity contribution in [3.63, 3.8) is 0 Å². The molecule has 0 bridgehead atoms. The Morgan fingerprint density at radius 2 is 1.80 bits per heavy atom. The highest BCUT2D eigenvalue weighted by molar-refractivity contribution is 6.44. The van der Waals surface area contributed by atoms with Gasteiger partial charge in [-0.25, -0.2) is 0 Å². The molecule has 2 aromatic carbocycles. The first kappa shape index (κ1) is 18.1. The Balaban J connectivity index is 1.52. The van der Waals surface area contributed by atoms with Gasteiger partial charge in [-0.2, -0.15) is 0 Å². The Hall–Kier alpha value is -1.75. The SMILES string of the molecule is Cc1cccc(N2CCN(CC(=O)Nc3cccc(Cl)c3Cl)CC2)c1. The van der Waals surface area contributed by atoms with Crippen molar-refractivity contribution in [1.29, 1.82) is 0 Å². The lowest BCUT2D eigenvalue weighted by Crippen LogP contribution is -2.48. The Kier molecular flexibility index (Phi) is 5.84. The number of carbonyl (C=O) groups is 1. The maximum Gasteiger partial charge on any atom is 0.238 e. The van der Waals surface area contributed by atoms with E-state index in [9.17, 15) is 4.79 Å². The maximum absolute atomic E-state index is 12.3. The van der Waals surface area contributed by atoms with Crippen LogP contribution in [0.1, 0.15) is 5.56 Å². The van der Waals surface area contributed by atoms with E-state index in [1.165, 1.54) is 11.3 Å². The minimum Gasteiger partial charge on any atom is -0.369 e. The summed E-state index contributed by atoms with van der Waals surface area (Å²) < 4.78 is 0. The van der Waals surface area contributed by atoms with E-state index < -0.39 is 0 Å². The van der Waals surface area contributed by atoms with Gasteiger partial charge in [0.15, 0.2) is 0 Å². The number of hydrogen-bond acceptors (Lipinski definition) is 3. The number of anilines is 2. The molecule has 4 nitrogen and oxygen atoms in total. The normalized spacial score (nSPS) is 15.2. The second-order valence-electron chi connectivity index (χ2n) is 6.25. The summed E-state index contributed by atoms with van der Waals surface area (Å²) in [5.74, 6) is -0.0758. The van der Waals surface area contributed by atoms with Crippen molar-refractivity contribution in [2.45, 2.75) is 6.92 Å². The van der Waals surface area contributed by atoms with Crippen molar-refractivity contribution < 1.29 is 4.79 Å². The molecule has 0 spiro atoms. The molecule has 1 fully saturated rings. The molecule has 1 heterocycles. The minimum absolute atomic E-state index is 0.0758. The Labute approximate surface area is 158 Å². The smallest absolute Gasteiger partial charge is 0.238 e. The predicted molar refractivity (Wildman–Crippen MR) is 105 cm³/mol. The molecular weight excluding hydrogens is 357 g/mol. The molecule has 3 rings (SSSR count). The first-order chi connectivity index (χ1) is 12.0. The minimum atomic E-state index is -0.0758. The first-order valence-electron chi connectivity index (χ1n) is 8.31. The van der Waals surface area contributed by atoms with E-state index in [1.807, 2.05) is 0 Å². The number of halogens is 2. The summed E-state index contributed by atoms with van der Waals surface area (Å²) in [5, 5.41) is 3.65. The van der Waals surface area contributed by atoms with Crippen molar-refractivity contribution in [3.05, 3.63) is 58.1 Å². The summed E-state index contributed by atoms with van der Waals surface area (Å²) in [7, 11) is 0. The lowest BCUT2D eigenvalue weighted by molar-refractivity contribution is -0.117. The molecule has 1 amide bonds. The molecule has 0 atom stereocenters. The third-order valence-corrected chi connectivity index (χ3v) is 5.15. The zero-order chi connectivity index (χ0) is 17.8. The molecule has 1 aliphatic heterocycles. The number of aryl methyl sites for hydroxylation is 1. The largest absolute Gasteiger partial charge is 0.369 e. The van der Waals surface area contributed by atoms with Crippen LogP contribution in [0.3, 0.4) is 0 Å². The lowest BCUT2D eigenvalue weighted by Gasteiger charge is -2.35. The number of piperazine rings is 1. The average Bonchev–Trinajstić information content (AvgIpc) is 2.60. The fourth-order valence-electron chi connectivity index (χ4n) is 2.98. The standard InChI is InChI=1S/C19H21Cl2N3O/c1-14-4-2-5-15(12-14)24-10-8-23(9-11-24)13-18(25)22-17-7-3-6-16(20)19(17)21/h2-7,12H,8-11,13H2,1H3,(H,22,25). The second kappa shape index (κ2) is 8.09. The zero-order valence-corrected chi connectivity index (χ0v) is 15.6. The van der Waals surface area contributed by atoms with Crippen LogP contribution in [-0.2, 0) is 4.79 Å². The van der Waals surface area contributed by atoms with E-state index in [1.54, 1.807) is 18.2 Å². The molecule has 0 aliphatic carbocycles. The van der Waals surface area contributed by atoms with Crippen molar-refractivity contribution in [1.82, 2.24) is 4.90 Å². The molecule has 6 heteroatoms.